The molecular formula is C21H23NO7S. The molecule has 4 rings (SSSR count). The Hall–Kier alpha value is -2.78. The molecule has 0 saturated carbocycles. The van der Waals surface area contributed by atoms with E-state index in [2.05, 4.69) is 0 Å². The van der Waals surface area contributed by atoms with E-state index < -0.39 is 16.0 Å². The van der Waals surface area contributed by atoms with E-state index in [1.54, 1.807) is 18.2 Å². The molecule has 2 aromatic carbocycles. The van der Waals surface area contributed by atoms with Crippen LogP contribution in [0.3, 0.4) is 0 Å². The van der Waals surface area contributed by atoms with Crippen LogP contribution in [0.4, 0.5) is 0 Å². The Morgan fingerprint density at radius 1 is 0.967 bits per heavy atom. The van der Waals surface area contributed by atoms with E-state index in [0.717, 1.165) is 25.7 Å². The summed E-state index contributed by atoms with van der Waals surface area (Å²) in [5.74, 6) is 0.851. The quantitative estimate of drug-likeness (QED) is 0.528. The molecule has 0 amide bonds. The molecule has 0 N–H and O–H groups in total. The molecule has 0 atom stereocenters. The maximum Gasteiger partial charge on any atom is 0.343 e. The number of methoxy groups -OCH3 is 1. The van der Waals surface area contributed by atoms with Gasteiger partial charge in [-0.05, 0) is 43.2 Å². The molecule has 2 aliphatic heterocycles. The van der Waals surface area contributed by atoms with Crippen LogP contribution in [0.2, 0.25) is 0 Å². The summed E-state index contributed by atoms with van der Waals surface area (Å²) >= 11 is 0. The molecule has 0 bridgehead atoms. The summed E-state index contributed by atoms with van der Waals surface area (Å²) in [6.07, 6.45) is 3.64. The van der Waals surface area contributed by atoms with E-state index >= 15 is 0 Å². The first-order chi connectivity index (χ1) is 14.5. The fourth-order valence-electron chi connectivity index (χ4n) is 3.53. The van der Waals surface area contributed by atoms with Gasteiger partial charge in [-0.25, -0.2) is 13.2 Å². The molecule has 2 aromatic rings. The van der Waals surface area contributed by atoms with Crippen molar-refractivity contribution < 1.29 is 32.2 Å². The van der Waals surface area contributed by atoms with Crippen molar-refractivity contribution in [2.75, 3.05) is 27.0 Å². The van der Waals surface area contributed by atoms with Gasteiger partial charge in [0.15, 0.2) is 11.5 Å². The molecule has 0 aliphatic carbocycles. The number of carbonyl (C=O) groups is 1. The molecule has 2 heterocycles. The summed E-state index contributed by atoms with van der Waals surface area (Å²) in [4.78, 5) is 12.6. The third-order valence-electron chi connectivity index (χ3n) is 5.14. The van der Waals surface area contributed by atoms with Gasteiger partial charge in [0.2, 0.25) is 16.8 Å². The molecule has 0 spiro atoms. The third kappa shape index (κ3) is 4.08. The second kappa shape index (κ2) is 8.53. The van der Waals surface area contributed by atoms with Crippen LogP contribution in [0.25, 0.3) is 0 Å². The number of hydrogen-bond acceptors (Lipinski definition) is 7. The number of benzene rings is 2. The van der Waals surface area contributed by atoms with Crippen LogP contribution in [0.5, 0.6) is 23.0 Å². The number of carbonyl (C=O) groups excluding carboxylic acids is 1. The zero-order valence-electron chi connectivity index (χ0n) is 16.6. The monoisotopic (exact) mass is 433 g/mol. The number of sulfonamides is 1. The van der Waals surface area contributed by atoms with Gasteiger partial charge < -0.3 is 18.9 Å². The first kappa shape index (κ1) is 20.5. The van der Waals surface area contributed by atoms with E-state index in [1.807, 2.05) is 0 Å². The number of ether oxygens (including phenoxy) is 4. The van der Waals surface area contributed by atoms with E-state index in [-0.39, 0.29) is 28.8 Å². The summed E-state index contributed by atoms with van der Waals surface area (Å²) in [7, 11) is -2.40. The molecule has 8 nitrogen and oxygen atoms in total. The average Bonchev–Trinajstić information content (AvgIpc) is 3.03. The largest absolute Gasteiger partial charge is 0.495 e. The Morgan fingerprint density at radius 2 is 1.70 bits per heavy atom. The minimum atomic E-state index is -3.80. The minimum Gasteiger partial charge on any atom is -0.495 e. The van der Waals surface area contributed by atoms with Crippen molar-refractivity contribution in [1.29, 1.82) is 0 Å². The highest BCUT2D eigenvalue weighted by Gasteiger charge is 2.29. The lowest BCUT2D eigenvalue weighted by Crippen LogP contribution is -2.32. The SMILES string of the molecule is COc1ccc(C(=O)Oc2ccc3c(c2)OCO3)cc1S(=O)(=O)N1CCCCCC1. The summed E-state index contributed by atoms with van der Waals surface area (Å²) in [5.41, 5.74) is 0.113. The molecule has 160 valence electrons. The van der Waals surface area contributed by atoms with Crippen LogP contribution in [-0.4, -0.2) is 45.7 Å². The van der Waals surface area contributed by atoms with Crippen LogP contribution in [0.1, 0.15) is 36.0 Å². The van der Waals surface area contributed by atoms with E-state index in [9.17, 15) is 13.2 Å². The van der Waals surface area contributed by atoms with Gasteiger partial charge in [0.25, 0.3) is 0 Å². The van der Waals surface area contributed by atoms with Gasteiger partial charge in [0.1, 0.15) is 16.4 Å². The Labute approximate surface area is 175 Å². The first-order valence-corrected chi connectivity index (χ1v) is 11.2. The average molecular weight is 433 g/mol. The van der Waals surface area contributed by atoms with Crippen molar-refractivity contribution in [2.24, 2.45) is 0 Å². The molecule has 0 aromatic heterocycles. The van der Waals surface area contributed by atoms with Crippen LogP contribution >= 0.6 is 0 Å². The summed E-state index contributed by atoms with van der Waals surface area (Å²) in [6.45, 7) is 1.03. The van der Waals surface area contributed by atoms with Gasteiger partial charge in [-0.3, -0.25) is 0 Å². The van der Waals surface area contributed by atoms with Crippen LogP contribution in [-0.2, 0) is 10.0 Å². The minimum absolute atomic E-state index is 0.0352. The number of fused-ring (bicyclic) bond motifs is 1. The lowest BCUT2D eigenvalue weighted by molar-refractivity contribution is 0.0734. The van der Waals surface area contributed by atoms with Crippen molar-refractivity contribution in [1.82, 2.24) is 4.31 Å². The Balaban J connectivity index is 1.61. The molecule has 0 radical (unpaired) electrons. The Morgan fingerprint density at radius 3 is 2.43 bits per heavy atom. The number of hydrogen-bond donors (Lipinski definition) is 0. The summed E-state index contributed by atoms with van der Waals surface area (Å²) in [6, 6.07) is 9.06. The van der Waals surface area contributed by atoms with Crippen molar-refractivity contribution >= 4 is 16.0 Å². The van der Waals surface area contributed by atoms with Crippen LogP contribution < -0.4 is 18.9 Å². The Kier molecular flexibility index (Phi) is 5.83. The zero-order chi connectivity index (χ0) is 21.1. The van der Waals surface area contributed by atoms with E-state index in [4.69, 9.17) is 18.9 Å². The van der Waals surface area contributed by atoms with Crippen LogP contribution in [0, 0.1) is 0 Å². The Bertz CT molecular complexity index is 1040. The first-order valence-electron chi connectivity index (χ1n) is 9.79. The zero-order valence-corrected chi connectivity index (χ0v) is 17.4. The van der Waals surface area contributed by atoms with Gasteiger partial charge in [-0.1, -0.05) is 12.8 Å². The molecule has 0 unspecified atom stereocenters. The third-order valence-corrected chi connectivity index (χ3v) is 7.06. The van der Waals surface area contributed by atoms with Crippen molar-refractivity contribution in [3.8, 4) is 23.0 Å². The highest BCUT2D eigenvalue weighted by atomic mass is 32.2. The lowest BCUT2D eigenvalue weighted by Gasteiger charge is -2.21. The molecule has 2 aliphatic rings. The van der Waals surface area contributed by atoms with Gasteiger partial charge >= 0.3 is 5.97 Å². The summed E-state index contributed by atoms with van der Waals surface area (Å²) < 4.78 is 49.2. The number of esters is 1. The lowest BCUT2D eigenvalue weighted by atomic mass is 10.2. The summed E-state index contributed by atoms with van der Waals surface area (Å²) in [5, 5.41) is 0. The van der Waals surface area contributed by atoms with Gasteiger partial charge in [-0.2, -0.15) is 4.31 Å². The molecule has 1 fully saturated rings. The van der Waals surface area contributed by atoms with E-state index in [0.29, 0.717) is 24.6 Å². The van der Waals surface area contributed by atoms with Gasteiger partial charge in [0, 0.05) is 19.2 Å². The molecule has 30 heavy (non-hydrogen) atoms. The van der Waals surface area contributed by atoms with Gasteiger partial charge in [0.05, 0.1) is 12.7 Å². The normalized spacial score (nSPS) is 16.7. The predicted octanol–water partition coefficient (Wildman–Crippen LogP) is 3.21. The number of rotatable bonds is 5. The maximum absolute atomic E-state index is 13.2. The van der Waals surface area contributed by atoms with E-state index in [1.165, 1.54) is 29.6 Å². The number of nitrogens with zero attached hydrogens (tertiary/aromatic N) is 1. The second-order valence-electron chi connectivity index (χ2n) is 7.09. The second-order valence-corrected chi connectivity index (χ2v) is 8.99. The molecule has 1 saturated heterocycles. The predicted molar refractivity (Wildman–Crippen MR) is 108 cm³/mol. The smallest absolute Gasteiger partial charge is 0.343 e. The molecule has 9 heteroatoms. The highest BCUT2D eigenvalue weighted by molar-refractivity contribution is 7.89. The van der Waals surface area contributed by atoms with Crippen molar-refractivity contribution in [2.45, 2.75) is 30.6 Å². The topological polar surface area (TPSA) is 91.4 Å². The van der Waals surface area contributed by atoms with Crippen LogP contribution in [0.15, 0.2) is 41.3 Å². The van der Waals surface area contributed by atoms with Gasteiger partial charge in [-0.15, -0.1) is 0 Å². The fourth-order valence-corrected chi connectivity index (χ4v) is 5.23. The standard InChI is InChI=1S/C21H23NO7S/c1-26-18-8-6-15(12-20(18)30(24,25)22-10-4-2-3-5-11-22)21(23)29-16-7-9-17-19(13-16)28-14-27-17/h6-9,12-13H,2-5,10-11,14H2,1H3. The fraction of sp³-hybridized carbons (Fsp3) is 0.381. The molecular weight excluding hydrogens is 410 g/mol. The highest BCUT2D eigenvalue weighted by Crippen LogP contribution is 2.35. The van der Waals surface area contributed by atoms with Crippen molar-refractivity contribution in [3.63, 3.8) is 0 Å². The maximum atomic E-state index is 13.2. The van der Waals surface area contributed by atoms with Crippen molar-refractivity contribution in [3.05, 3.63) is 42.0 Å².